The van der Waals surface area contributed by atoms with E-state index in [4.69, 9.17) is 11.5 Å². The smallest absolute Gasteiger partial charge is 0.0341 e. The average molecular weight is 158 g/mol. The molecule has 0 radical (unpaired) electrons. The van der Waals surface area contributed by atoms with Gasteiger partial charge in [-0.2, -0.15) is 5.10 Å². The highest BCUT2D eigenvalue weighted by Gasteiger charge is 1.80. The van der Waals surface area contributed by atoms with Gasteiger partial charge < -0.3 is 16.9 Å². The maximum absolute atomic E-state index is 5.29. The van der Waals surface area contributed by atoms with Gasteiger partial charge in [0.2, 0.25) is 0 Å². The first-order chi connectivity index (χ1) is 5.41. The summed E-state index contributed by atoms with van der Waals surface area (Å²) < 4.78 is 0. The third-order valence-corrected chi connectivity index (χ3v) is 1.21. The quantitative estimate of drug-likeness (QED) is 0.269. The highest BCUT2D eigenvalue weighted by Crippen LogP contribution is 1.79. The Bertz CT molecular complexity index is 92.4. The molecule has 0 aromatic rings. The molecule has 0 aliphatic heterocycles. The number of hydrogen-bond donors (Lipinski definition) is 3. The SMILES string of the molecule is NCCC/C=N/NCCCN. The Morgan fingerprint density at radius 1 is 1.18 bits per heavy atom. The van der Waals surface area contributed by atoms with E-state index in [0.717, 1.165) is 32.4 Å². The van der Waals surface area contributed by atoms with Crippen molar-refractivity contribution in [2.24, 2.45) is 16.6 Å². The lowest BCUT2D eigenvalue weighted by Crippen LogP contribution is -2.12. The van der Waals surface area contributed by atoms with Crippen LogP contribution in [0, 0.1) is 0 Å². The summed E-state index contributed by atoms with van der Waals surface area (Å²) >= 11 is 0. The lowest BCUT2D eigenvalue weighted by Gasteiger charge is -1.96. The van der Waals surface area contributed by atoms with Gasteiger partial charge in [-0.05, 0) is 32.4 Å². The second-order valence-electron chi connectivity index (χ2n) is 2.29. The molecule has 0 aromatic heterocycles. The van der Waals surface area contributed by atoms with Gasteiger partial charge in [0, 0.05) is 12.8 Å². The average Bonchev–Trinajstić information content (AvgIpc) is 2.03. The summed E-state index contributed by atoms with van der Waals surface area (Å²) in [6, 6.07) is 0. The Labute approximate surface area is 68.0 Å². The van der Waals surface area contributed by atoms with Crippen LogP contribution in [0.3, 0.4) is 0 Å². The predicted octanol–water partition coefficient (Wildman–Crippen LogP) is -0.350. The second kappa shape index (κ2) is 9.39. The standard InChI is InChI=1S/C7H18N4/c8-4-1-2-6-10-11-7-3-5-9/h6,11H,1-5,7-9H2/b10-6+. The zero-order valence-corrected chi connectivity index (χ0v) is 6.92. The number of nitrogens with zero attached hydrogens (tertiary/aromatic N) is 1. The molecule has 0 aromatic carbocycles. The van der Waals surface area contributed by atoms with E-state index in [1.54, 1.807) is 0 Å². The lowest BCUT2D eigenvalue weighted by atomic mass is 10.3. The van der Waals surface area contributed by atoms with Crippen molar-refractivity contribution in [1.29, 1.82) is 0 Å². The summed E-state index contributed by atoms with van der Waals surface area (Å²) in [6.07, 6.45) is 4.77. The van der Waals surface area contributed by atoms with Crippen molar-refractivity contribution in [2.45, 2.75) is 19.3 Å². The normalized spacial score (nSPS) is 10.7. The Kier molecular flexibility index (Phi) is 8.87. The van der Waals surface area contributed by atoms with Crippen LogP contribution in [-0.2, 0) is 0 Å². The Balaban J connectivity index is 2.91. The summed E-state index contributed by atoms with van der Waals surface area (Å²) in [5.41, 5.74) is 13.5. The minimum absolute atomic E-state index is 0.714. The van der Waals surface area contributed by atoms with E-state index >= 15 is 0 Å². The first-order valence-corrected chi connectivity index (χ1v) is 4.06. The molecular formula is C7H18N4. The van der Waals surface area contributed by atoms with E-state index < -0.39 is 0 Å². The fourth-order valence-corrected chi connectivity index (χ4v) is 0.584. The fourth-order valence-electron chi connectivity index (χ4n) is 0.584. The Morgan fingerprint density at radius 2 is 1.91 bits per heavy atom. The Morgan fingerprint density at radius 3 is 2.55 bits per heavy atom. The molecule has 0 atom stereocenters. The molecule has 0 aliphatic rings. The number of nitrogens with one attached hydrogen (secondary N) is 1. The largest absolute Gasteiger partial charge is 0.330 e. The van der Waals surface area contributed by atoms with E-state index in [9.17, 15) is 0 Å². The minimum Gasteiger partial charge on any atom is -0.330 e. The van der Waals surface area contributed by atoms with Crippen LogP contribution in [0.2, 0.25) is 0 Å². The molecule has 0 saturated heterocycles. The van der Waals surface area contributed by atoms with Gasteiger partial charge in [0.05, 0.1) is 0 Å². The molecule has 11 heavy (non-hydrogen) atoms. The van der Waals surface area contributed by atoms with Gasteiger partial charge in [-0.3, -0.25) is 0 Å². The van der Waals surface area contributed by atoms with E-state index in [1.165, 1.54) is 0 Å². The monoisotopic (exact) mass is 158 g/mol. The first-order valence-electron chi connectivity index (χ1n) is 4.06. The van der Waals surface area contributed by atoms with Crippen LogP contribution in [-0.4, -0.2) is 25.8 Å². The van der Waals surface area contributed by atoms with E-state index in [1.807, 2.05) is 6.21 Å². The molecule has 0 amide bonds. The highest BCUT2D eigenvalue weighted by molar-refractivity contribution is 5.56. The van der Waals surface area contributed by atoms with Crippen molar-refractivity contribution in [3.05, 3.63) is 0 Å². The highest BCUT2D eigenvalue weighted by atomic mass is 15.3. The van der Waals surface area contributed by atoms with E-state index in [2.05, 4.69) is 10.5 Å². The maximum atomic E-state index is 5.29. The number of nitrogens with two attached hydrogens (primary N) is 2. The third kappa shape index (κ3) is 9.39. The van der Waals surface area contributed by atoms with Gasteiger partial charge in [-0.1, -0.05) is 0 Å². The van der Waals surface area contributed by atoms with E-state index in [0.29, 0.717) is 6.54 Å². The predicted molar refractivity (Wildman–Crippen MR) is 48.5 cm³/mol. The zero-order chi connectivity index (χ0) is 8.36. The lowest BCUT2D eigenvalue weighted by molar-refractivity contribution is 0.688. The second-order valence-corrected chi connectivity index (χ2v) is 2.29. The van der Waals surface area contributed by atoms with Crippen molar-refractivity contribution >= 4 is 6.21 Å². The molecule has 0 heterocycles. The maximum Gasteiger partial charge on any atom is 0.0341 e. The molecule has 0 unspecified atom stereocenters. The molecule has 0 saturated carbocycles. The number of hydrogen-bond acceptors (Lipinski definition) is 4. The molecule has 0 spiro atoms. The molecule has 66 valence electrons. The molecule has 4 heteroatoms. The summed E-state index contributed by atoms with van der Waals surface area (Å²) in [7, 11) is 0. The summed E-state index contributed by atoms with van der Waals surface area (Å²) in [5, 5.41) is 3.96. The van der Waals surface area contributed by atoms with Gasteiger partial charge in [0.15, 0.2) is 0 Å². The van der Waals surface area contributed by atoms with Crippen LogP contribution >= 0.6 is 0 Å². The van der Waals surface area contributed by atoms with Crippen molar-refractivity contribution in [3.8, 4) is 0 Å². The van der Waals surface area contributed by atoms with Crippen LogP contribution in [0.15, 0.2) is 5.10 Å². The fraction of sp³-hybridized carbons (Fsp3) is 0.857. The summed E-state index contributed by atoms with van der Waals surface area (Å²) in [5.74, 6) is 0. The number of rotatable bonds is 7. The molecule has 0 fully saturated rings. The van der Waals surface area contributed by atoms with Crippen molar-refractivity contribution in [2.75, 3.05) is 19.6 Å². The molecule has 4 nitrogen and oxygen atoms in total. The van der Waals surface area contributed by atoms with Crippen LogP contribution in [0.5, 0.6) is 0 Å². The first kappa shape index (κ1) is 10.4. The molecule has 0 aliphatic carbocycles. The van der Waals surface area contributed by atoms with Gasteiger partial charge in [0.1, 0.15) is 0 Å². The van der Waals surface area contributed by atoms with Gasteiger partial charge in [-0.15, -0.1) is 0 Å². The zero-order valence-electron chi connectivity index (χ0n) is 6.92. The van der Waals surface area contributed by atoms with Crippen molar-refractivity contribution < 1.29 is 0 Å². The van der Waals surface area contributed by atoms with Crippen LogP contribution in [0.1, 0.15) is 19.3 Å². The van der Waals surface area contributed by atoms with Gasteiger partial charge in [-0.25, -0.2) is 0 Å². The topological polar surface area (TPSA) is 76.4 Å². The van der Waals surface area contributed by atoms with Crippen LogP contribution in [0.4, 0.5) is 0 Å². The Hall–Kier alpha value is -0.610. The van der Waals surface area contributed by atoms with E-state index in [-0.39, 0.29) is 0 Å². The van der Waals surface area contributed by atoms with Gasteiger partial charge >= 0.3 is 0 Å². The van der Waals surface area contributed by atoms with Crippen molar-refractivity contribution in [1.82, 2.24) is 5.43 Å². The number of hydrazone groups is 1. The molecular weight excluding hydrogens is 140 g/mol. The minimum atomic E-state index is 0.714. The van der Waals surface area contributed by atoms with Crippen LogP contribution in [0.25, 0.3) is 0 Å². The molecule has 0 rings (SSSR count). The third-order valence-electron chi connectivity index (χ3n) is 1.21. The summed E-state index contributed by atoms with van der Waals surface area (Å²) in [6.45, 7) is 2.30. The summed E-state index contributed by atoms with van der Waals surface area (Å²) in [4.78, 5) is 0. The van der Waals surface area contributed by atoms with Crippen LogP contribution < -0.4 is 16.9 Å². The van der Waals surface area contributed by atoms with Gasteiger partial charge in [0.25, 0.3) is 0 Å². The molecule has 0 bridgehead atoms. The number of unbranched alkanes of at least 4 members (excludes halogenated alkanes) is 1. The van der Waals surface area contributed by atoms with Crippen molar-refractivity contribution in [3.63, 3.8) is 0 Å². The molecule has 5 N–H and O–H groups in total.